The van der Waals surface area contributed by atoms with E-state index in [2.05, 4.69) is 15.0 Å². The van der Waals surface area contributed by atoms with Crippen molar-refractivity contribution in [3.8, 4) is 22.2 Å². The van der Waals surface area contributed by atoms with Crippen molar-refractivity contribution in [3.63, 3.8) is 0 Å². The first-order chi connectivity index (χ1) is 15.8. The molecule has 0 unspecified atom stereocenters. The van der Waals surface area contributed by atoms with E-state index in [1.165, 1.54) is 0 Å². The maximum absolute atomic E-state index is 13.2. The van der Waals surface area contributed by atoms with Gasteiger partial charge in [-0.1, -0.05) is 41.6 Å². The van der Waals surface area contributed by atoms with Crippen molar-refractivity contribution in [2.24, 2.45) is 0 Å². The normalized spacial score (nSPS) is 14.4. The second kappa shape index (κ2) is 9.33. The number of carbonyl (C=O) groups is 1. The minimum absolute atomic E-state index is 0.0195. The zero-order valence-electron chi connectivity index (χ0n) is 17.4. The molecule has 1 saturated heterocycles. The van der Waals surface area contributed by atoms with Crippen molar-refractivity contribution in [1.82, 2.24) is 19.9 Å². The molecule has 1 aliphatic heterocycles. The fourth-order valence-corrected chi connectivity index (χ4v) is 4.29. The van der Waals surface area contributed by atoms with Crippen LogP contribution in [-0.4, -0.2) is 52.0 Å². The average molecular weight is 447 g/mol. The molecule has 0 radical (unpaired) electrons. The van der Waals surface area contributed by atoms with Gasteiger partial charge in [0, 0.05) is 26.2 Å². The van der Waals surface area contributed by atoms with E-state index in [4.69, 9.17) is 9.26 Å². The highest BCUT2D eigenvalue weighted by atomic mass is 32.1. The van der Waals surface area contributed by atoms with Gasteiger partial charge >= 0.3 is 0 Å². The number of thiophene rings is 1. The van der Waals surface area contributed by atoms with Gasteiger partial charge in [0.05, 0.1) is 17.0 Å². The lowest BCUT2D eigenvalue weighted by Crippen LogP contribution is -2.48. The molecule has 2 aromatic heterocycles. The quantitative estimate of drug-likeness (QED) is 0.433. The minimum atomic E-state index is -0.0195. The molecular weight excluding hydrogens is 424 g/mol. The van der Waals surface area contributed by atoms with Gasteiger partial charge in [0.2, 0.25) is 11.7 Å². The second-order valence-corrected chi connectivity index (χ2v) is 8.42. The molecular formula is C24H22N4O3S. The first-order valence-corrected chi connectivity index (χ1v) is 11.3. The highest BCUT2D eigenvalue weighted by Crippen LogP contribution is 2.27. The molecule has 8 heteroatoms. The second-order valence-electron chi connectivity index (χ2n) is 7.47. The van der Waals surface area contributed by atoms with Crippen LogP contribution in [0.3, 0.4) is 0 Å². The van der Waals surface area contributed by atoms with Crippen LogP contribution in [-0.2, 0) is 6.54 Å². The fraction of sp³-hybridized carbons (Fsp3) is 0.208. The lowest BCUT2D eigenvalue weighted by molar-refractivity contribution is 0.0612. The SMILES string of the molecule is O=C(c1ccccc1Oc1ccccc1)N1CCN(Cc2nc(-c3cccs3)no2)CC1. The smallest absolute Gasteiger partial charge is 0.257 e. The van der Waals surface area contributed by atoms with Crippen LogP contribution in [0.25, 0.3) is 10.7 Å². The highest BCUT2D eigenvalue weighted by Gasteiger charge is 2.25. The average Bonchev–Trinajstić information content (AvgIpc) is 3.53. The van der Waals surface area contributed by atoms with E-state index in [-0.39, 0.29) is 5.91 Å². The Hall–Kier alpha value is -3.49. The summed E-state index contributed by atoms with van der Waals surface area (Å²) in [6.45, 7) is 3.32. The summed E-state index contributed by atoms with van der Waals surface area (Å²) in [4.78, 5) is 22.8. The monoisotopic (exact) mass is 446 g/mol. The first-order valence-electron chi connectivity index (χ1n) is 10.5. The van der Waals surface area contributed by atoms with Crippen molar-refractivity contribution >= 4 is 17.2 Å². The predicted molar refractivity (Wildman–Crippen MR) is 122 cm³/mol. The van der Waals surface area contributed by atoms with Crippen LogP contribution in [0.5, 0.6) is 11.5 Å². The van der Waals surface area contributed by atoms with E-state index in [0.717, 1.165) is 18.0 Å². The van der Waals surface area contributed by atoms with Crippen LogP contribution in [0.2, 0.25) is 0 Å². The molecule has 0 bridgehead atoms. The van der Waals surface area contributed by atoms with Gasteiger partial charge in [-0.2, -0.15) is 4.98 Å². The van der Waals surface area contributed by atoms with Crippen molar-refractivity contribution in [1.29, 1.82) is 0 Å². The third-order valence-electron chi connectivity index (χ3n) is 5.32. The van der Waals surface area contributed by atoms with E-state index in [1.54, 1.807) is 11.3 Å². The molecule has 3 heterocycles. The molecule has 1 aliphatic rings. The number of hydrogen-bond donors (Lipinski definition) is 0. The summed E-state index contributed by atoms with van der Waals surface area (Å²) >= 11 is 1.59. The molecule has 162 valence electrons. The Balaban J connectivity index is 1.20. The fourth-order valence-electron chi connectivity index (χ4n) is 3.64. The van der Waals surface area contributed by atoms with Gasteiger partial charge in [0.1, 0.15) is 11.5 Å². The zero-order chi connectivity index (χ0) is 21.8. The molecule has 4 aromatic rings. The molecule has 0 spiro atoms. The van der Waals surface area contributed by atoms with Crippen LogP contribution in [0.4, 0.5) is 0 Å². The van der Waals surface area contributed by atoms with Crippen molar-refractivity contribution in [2.45, 2.75) is 6.54 Å². The lowest BCUT2D eigenvalue weighted by Gasteiger charge is -2.34. The standard InChI is InChI=1S/C24H22N4O3S/c29-24(19-9-4-5-10-20(19)30-18-7-2-1-3-8-18)28-14-12-27(13-15-28)17-22-25-23(26-31-22)21-11-6-16-32-21/h1-11,16H,12-15,17H2. The zero-order valence-corrected chi connectivity index (χ0v) is 18.2. The molecule has 0 saturated carbocycles. The van der Waals surface area contributed by atoms with Gasteiger partial charge in [-0.3, -0.25) is 9.69 Å². The number of amides is 1. The number of aromatic nitrogens is 2. The van der Waals surface area contributed by atoms with Gasteiger partial charge in [-0.25, -0.2) is 0 Å². The van der Waals surface area contributed by atoms with E-state index in [0.29, 0.717) is 48.4 Å². The molecule has 2 aromatic carbocycles. The van der Waals surface area contributed by atoms with Crippen LogP contribution in [0.15, 0.2) is 76.6 Å². The molecule has 5 rings (SSSR count). The minimum Gasteiger partial charge on any atom is -0.457 e. The summed E-state index contributed by atoms with van der Waals surface area (Å²) in [5, 5.41) is 6.06. The van der Waals surface area contributed by atoms with E-state index < -0.39 is 0 Å². The summed E-state index contributed by atoms with van der Waals surface area (Å²) in [5.41, 5.74) is 0.572. The summed E-state index contributed by atoms with van der Waals surface area (Å²) in [6, 6.07) is 20.8. The van der Waals surface area contributed by atoms with Crippen LogP contribution in [0, 0.1) is 0 Å². The molecule has 1 fully saturated rings. The number of carbonyl (C=O) groups excluding carboxylic acids is 1. The Kier molecular flexibility index (Phi) is 5.96. The number of piperazine rings is 1. The summed E-state index contributed by atoms with van der Waals surface area (Å²) in [5.74, 6) is 2.47. The van der Waals surface area contributed by atoms with Gasteiger partial charge in [-0.05, 0) is 35.7 Å². The van der Waals surface area contributed by atoms with Crippen LogP contribution < -0.4 is 4.74 Å². The maximum atomic E-state index is 13.2. The number of para-hydroxylation sites is 2. The van der Waals surface area contributed by atoms with E-state index in [1.807, 2.05) is 77.0 Å². The van der Waals surface area contributed by atoms with Crippen molar-refractivity contribution < 1.29 is 14.1 Å². The topological polar surface area (TPSA) is 71.7 Å². The molecule has 0 aliphatic carbocycles. The molecule has 7 nitrogen and oxygen atoms in total. The largest absolute Gasteiger partial charge is 0.457 e. The number of ether oxygens (including phenoxy) is 1. The molecule has 0 atom stereocenters. The first kappa shape index (κ1) is 20.4. The van der Waals surface area contributed by atoms with E-state index >= 15 is 0 Å². The predicted octanol–water partition coefficient (Wildman–Crippen LogP) is 4.55. The van der Waals surface area contributed by atoms with Gasteiger partial charge in [-0.15, -0.1) is 11.3 Å². The lowest BCUT2D eigenvalue weighted by atomic mass is 10.1. The van der Waals surface area contributed by atoms with Gasteiger partial charge in [0.25, 0.3) is 5.91 Å². The van der Waals surface area contributed by atoms with Gasteiger partial charge < -0.3 is 14.2 Å². The summed E-state index contributed by atoms with van der Waals surface area (Å²) in [6.07, 6.45) is 0. The summed E-state index contributed by atoms with van der Waals surface area (Å²) < 4.78 is 11.4. The Bertz CT molecular complexity index is 1170. The number of benzene rings is 2. The van der Waals surface area contributed by atoms with Crippen LogP contribution in [0.1, 0.15) is 16.2 Å². The molecule has 32 heavy (non-hydrogen) atoms. The summed E-state index contributed by atoms with van der Waals surface area (Å²) in [7, 11) is 0. The Morgan fingerprint density at radius 2 is 1.75 bits per heavy atom. The van der Waals surface area contributed by atoms with Crippen molar-refractivity contribution in [3.05, 3.63) is 83.6 Å². The third kappa shape index (κ3) is 4.56. The Labute approximate surface area is 189 Å². The number of rotatable bonds is 6. The van der Waals surface area contributed by atoms with E-state index in [9.17, 15) is 4.79 Å². The Morgan fingerprint density at radius 1 is 0.969 bits per heavy atom. The number of hydrogen-bond acceptors (Lipinski definition) is 7. The third-order valence-corrected chi connectivity index (χ3v) is 6.18. The number of nitrogens with zero attached hydrogens (tertiary/aromatic N) is 4. The van der Waals surface area contributed by atoms with Crippen LogP contribution >= 0.6 is 11.3 Å². The molecule has 1 amide bonds. The van der Waals surface area contributed by atoms with Crippen molar-refractivity contribution in [2.75, 3.05) is 26.2 Å². The maximum Gasteiger partial charge on any atom is 0.257 e. The van der Waals surface area contributed by atoms with Gasteiger partial charge in [0.15, 0.2) is 0 Å². The Morgan fingerprint density at radius 3 is 2.53 bits per heavy atom. The highest BCUT2D eigenvalue weighted by molar-refractivity contribution is 7.13. The molecule has 0 N–H and O–H groups in total.